The zero-order chi connectivity index (χ0) is 4.83. The fraction of sp³-hybridized carbons (Fsp3) is 1.00. The smallest absolute Gasteiger partial charge is 0.195 e. The second-order valence-electron chi connectivity index (χ2n) is 1.08. The first-order chi connectivity index (χ1) is 2.91. The highest BCUT2D eigenvalue weighted by Crippen LogP contribution is 2.08. The van der Waals surface area contributed by atoms with E-state index < -0.39 is 0 Å². The first kappa shape index (κ1) is 6.86. The van der Waals surface area contributed by atoms with Crippen LogP contribution in [0.3, 0.4) is 0 Å². The summed E-state index contributed by atoms with van der Waals surface area (Å²) in [6.07, 6.45) is 2.75. The molecule has 0 nitrogen and oxygen atoms in total. The van der Waals surface area contributed by atoms with Crippen LogP contribution in [0.25, 0.3) is 0 Å². The van der Waals surface area contributed by atoms with Gasteiger partial charge in [0.05, 0.1) is 0 Å². The van der Waals surface area contributed by atoms with E-state index in [1.807, 2.05) is 0 Å². The monoisotopic (exact) mass is 120 g/mol. The van der Waals surface area contributed by atoms with Gasteiger partial charge in [0.15, 0.2) is 0 Å². The van der Waals surface area contributed by atoms with Crippen molar-refractivity contribution in [2.45, 2.75) is 0 Å². The van der Waals surface area contributed by atoms with Crippen molar-refractivity contribution >= 4 is 17.2 Å². The maximum atomic E-state index is 2.20. The number of rotatable bonds is 3. The molecule has 0 radical (unpaired) electrons. The van der Waals surface area contributed by atoms with Crippen molar-refractivity contribution in [1.82, 2.24) is 0 Å². The topological polar surface area (TPSA) is 0 Å². The Labute approximate surface area is 43.7 Å². The molecule has 0 atom stereocenters. The Morgan fingerprint density at radius 3 is 1.50 bits per heavy atom. The van der Waals surface area contributed by atoms with Crippen LogP contribution in [-0.2, 0) is 0 Å². The summed E-state index contributed by atoms with van der Waals surface area (Å²) in [7, 11) is 3.08. The Bertz CT molecular complexity index is 17.5. The zero-order valence-corrected chi connectivity index (χ0v) is 6.10. The first-order valence-corrected chi connectivity index (χ1v) is 5.08. The van der Waals surface area contributed by atoms with Gasteiger partial charge in [0.2, 0.25) is 0 Å². The highest BCUT2D eigenvalue weighted by Gasteiger charge is 1.49. The SMILES string of the molecule is C[P-]CC[P-]C. The summed E-state index contributed by atoms with van der Waals surface area (Å²) in [5, 5.41) is 0. The van der Waals surface area contributed by atoms with Crippen LogP contribution in [0.4, 0.5) is 0 Å². The quantitative estimate of drug-likeness (QED) is 0.395. The van der Waals surface area contributed by atoms with Gasteiger partial charge >= 0.3 is 0 Å². The number of hydrogen-bond acceptors (Lipinski definition) is 0. The van der Waals surface area contributed by atoms with E-state index in [0.717, 1.165) is 0 Å². The van der Waals surface area contributed by atoms with Crippen LogP contribution in [-0.4, -0.2) is 25.7 Å². The Kier molecular flexibility index (Phi) is 6.70. The zero-order valence-electron chi connectivity index (χ0n) is 4.31. The molecule has 0 aromatic heterocycles. The molecule has 0 N–H and O–H groups in total. The molecule has 0 amide bonds. The Morgan fingerprint density at radius 2 is 1.33 bits per heavy atom. The minimum absolute atomic E-state index is 1.37. The van der Waals surface area contributed by atoms with Crippen molar-refractivity contribution in [2.75, 3.05) is 25.7 Å². The molecule has 2 heteroatoms. The lowest BCUT2D eigenvalue weighted by Gasteiger charge is -2.14. The molecule has 0 aromatic carbocycles. The van der Waals surface area contributed by atoms with Gasteiger partial charge in [-0.15, -0.1) is 0 Å². The fourth-order valence-electron chi connectivity index (χ4n) is 0.200. The molecular weight excluding hydrogens is 110 g/mol. The predicted octanol–water partition coefficient (Wildman–Crippen LogP) is 2.14. The Balaban J connectivity index is 2.34. The molecule has 38 valence electrons. The van der Waals surface area contributed by atoms with Gasteiger partial charge in [0.1, 0.15) is 0 Å². The van der Waals surface area contributed by atoms with E-state index in [1.54, 1.807) is 0 Å². The predicted molar refractivity (Wildman–Crippen MR) is 35.4 cm³/mol. The van der Waals surface area contributed by atoms with Crippen LogP contribution in [0, 0.1) is 0 Å². The van der Waals surface area contributed by atoms with E-state index in [9.17, 15) is 0 Å². The maximum absolute atomic E-state index is 2.20. The molecule has 0 saturated heterocycles. The second kappa shape index (κ2) is 5.86. The third-order valence-electron chi connectivity index (χ3n) is 0.547. The van der Waals surface area contributed by atoms with Crippen LogP contribution in [0.5, 0.6) is 0 Å². The molecular formula is C4H10P2-2. The molecule has 0 saturated carbocycles. The van der Waals surface area contributed by atoms with E-state index in [1.165, 1.54) is 29.5 Å². The van der Waals surface area contributed by atoms with Crippen LogP contribution < -0.4 is 0 Å². The standard InChI is InChI=1S/C4H10P2/c1-5-3-4-6-2/h3-4H2,1-2H3/q-2. The van der Waals surface area contributed by atoms with Crippen molar-refractivity contribution in [3.63, 3.8) is 0 Å². The molecule has 6 heavy (non-hydrogen) atoms. The van der Waals surface area contributed by atoms with Crippen molar-refractivity contribution < 1.29 is 0 Å². The van der Waals surface area contributed by atoms with Gasteiger partial charge in [-0.2, -0.15) is 13.3 Å². The van der Waals surface area contributed by atoms with Crippen LogP contribution in [0.15, 0.2) is 0 Å². The summed E-state index contributed by atoms with van der Waals surface area (Å²) >= 11 is 0. The van der Waals surface area contributed by atoms with E-state index in [2.05, 4.69) is 13.3 Å². The maximum Gasteiger partial charge on any atom is -0.195 e. The minimum atomic E-state index is 1.37. The molecule has 0 fully saturated rings. The van der Waals surface area contributed by atoms with Gasteiger partial charge in [-0.05, 0) is 0 Å². The lowest BCUT2D eigenvalue weighted by atomic mass is 11.0. The average molecular weight is 120 g/mol. The molecule has 0 spiro atoms. The molecule has 0 heterocycles. The van der Waals surface area contributed by atoms with Crippen LogP contribution in [0.1, 0.15) is 0 Å². The van der Waals surface area contributed by atoms with Crippen molar-refractivity contribution in [3.8, 4) is 0 Å². The van der Waals surface area contributed by atoms with Crippen molar-refractivity contribution in [1.29, 1.82) is 0 Å². The van der Waals surface area contributed by atoms with Gasteiger partial charge < -0.3 is 17.2 Å². The summed E-state index contributed by atoms with van der Waals surface area (Å²) < 4.78 is 0. The summed E-state index contributed by atoms with van der Waals surface area (Å²) in [6.45, 7) is 4.40. The minimum Gasteiger partial charge on any atom is -0.546 e. The summed E-state index contributed by atoms with van der Waals surface area (Å²) in [6, 6.07) is 0. The third-order valence-corrected chi connectivity index (χ3v) is 2.24. The second-order valence-corrected chi connectivity index (χ2v) is 3.24. The highest BCUT2D eigenvalue weighted by atomic mass is 31.1. The summed E-state index contributed by atoms with van der Waals surface area (Å²) in [5.41, 5.74) is 0. The molecule has 0 aliphatic rings. The fourth-order valence-corrected chi connectivity index (χ4v) is 1.80. The van der Waals surface area contributed by atoms with Crippen LogP contribution in [0.2, 0.25) is 0 Å². The van der Waals surface area contributed by atoms with Crippen LogP contribution >= 0.6 is 17.2 Å². The summed E-state index contributed by atoms with van der Waals surface area (Å²) in [4.78, 5) is 0. The Hall–Kier alpha value is 0.860. The van der Waals surface area contributed by atoms with E-state index in [-0.39, 0.29) is 0 Å². The molecule has 0 aromatic rings. The average Bonchev–Trinajstić information content (AvgIpc) is 1.61. The van der Waals surface area contributed by atoms with Gasteiger partial charge in [0, 0.05) is 0 Å². The van der Waals surface area contributed by atoms with Crippen molar-refractivity contribution in [2.24, 2.45) is 0 Å². The highest BCUT2D eigenvalue weighted by molar-refractivity contribution is 7.41. The molecule has 0 bridgehead atoms. The first-order valence-electron chi connectivity index (χ1n) is 2.03. The van der Waals surface area contributed by atoms with E-state index >= 15 is 0 Å². The van der Waals surface area contributed by atoms with E-state index in [4.69, 9.17) is 0 Å². The largest absolute Gasteiger partial charge is 0.546 e. The molecule has 0 unspecified atom stereocenters. The number of hydrogen-bond donors (Lipinski definition) is 0. The van der Waals surface area contributed by atoms with Gasteiger partial charge in [-0.25, -0.2) is 12.3 Å². The molecule has 0 aliphatic carbocycles. The lowest BCUT2D eigenvalue weighted by Crippen LogP contribution is -1.72. The summed E-state index contributed by atoms with van der Waals surface area (Å²) in [5.74, 6) is 0. The lowest BCUT2D eigenvalue weighted by molar-refractivity contribution is 1.53. The van der Waals surface area contributed by atoms with Gasteiger partial charge in [-0.1, -0.05) is 0 Å². The van der Waals surface area contributed by atoms with Gasteiger partial charge in [-0.3, -0.25) is 0 Å². The van der Waals surface area contributed by atoms with E-state index in [0.29, 0.717) is 0 Å². The van der Waals surface area contributed by atoms with Gasteiger partial charge in [0.25, 0.3) is 0 Å². The van der Waals surface area contributed by atoms with Crippen molar-refractivity contribution in [3.05, 3.63) is 0 Å². The molecule has 0 rings (SSSR count). The third kappa shape index (κ3) is 4.86. The Morgan fingerprint density at radius 1 is 1.00 bits per heavy atom. The normalized spacial score (nSPS) is 13.0. The molecule has 0 aliphatic heterocycles.